The van der Waals surface area contributed by atoms with E-state index in [-0.39, 0.29) is 17.7 Å². The Balaban J connectivity index is 2.38. The van der Waals surface area contributed by atoms with E-state index in [0.717, 1.165) is 12.8 Å². The van der Waals surface area contributed by atoms with Crippen molar-refractivity contribution in [1.29, 1.82) is 0 Å². The van der Waals surface area contributed by atoms with Crippen LogP contribution in [0.25, 0.3) is 0 Å². The van der Waals surface area contributed by atoms with Crippen molar-refractivity contribution in [2.75, 3.05) is 25.5 Å². The van der Waals surface area contributed by atoms with Gasteiger partial charge in [0.15, 0.2) is 0 Å². The number of halogens is 1. The minimum Gasteiger partial charge on any atom is -0.385 e. The molecule has 4 nitrogen and oxygen atoms in total. The fourth-order valence-corrected chi connectivity index (χ4v) is 1.81. The summed E-state index contributed by atoms with van der Waals surface area (Å²) in [6.07, 6.45) is 1.96. The van der Waals surface area contributed by atoms with Gasteiger partial charge >= 0.3 is 0 Å². The van der Waals surface area contributed by atoms with E-state index in [1.807, 2.05) is 13.8 Å². The van der Waals surface area contributed by atoms with Gasteiger partial charge in [-0.25, -0.2) is 4.39 Å². The van der Waals surface area contributed by atoms with Gasteiger partial charge in [-0.15, -0.1) is 0 Å². The summed E-state index contributed by atoms with van der Waals surface area (Å²) in [6, 6.07) is 4.46. The van der Waals surface area contributed by atoms with E-state index in [9.17, 15) is 9.18 Å². The van der Waals surface area contributed by atoms with Crippen LogP contribution in [0.4, 0.5) is 10.1 Å². The Morgan fingerprint density at radius 1 is 1.35 bits per heavy atom. The number of nitrogens with one attached hydrogen (secondary N) is 2. The summed E-state index contributed by atoms with van der Waals surface area (Å²) >= 11 is 0. The molecule has 1 rings (SSSR count). The monoisotopic (exact) mass is 282 g/mol. The molecule has 0 spiro atoms. The lowest BCUT2D eigenvalue weighted by atomic mass is 10.1. The minimum atomic E-state index is -0.425. The summed E-state index contributed by atoms with van der Waals surface area (Å²) in [6.45, 7) is 5.23. The van der Waals surface area contributed by atoms with Crippen molar-refractivity contribution in [3.05, 3.63) is 29.6 Å². The summed E-state index contributed by atoms with van der Waals surface area (Å²) in [5, 5.41) is 5.50. The first-order chi connectivity index (χ1) is 9.56. The maximum Gasteiger partial charge on any atom is 0.253 e. The van der Waals surface area contributed by atoms with Crippen molar-refractivity contribution in [2.45, 2.75) is 32.8 Å². The molecule has 0 radical (unpaired) electrons. The fraction of sp³-hybridized carbons (Fsp3) is 0.533. The molecule has 0 atom stereocenters. The summed E-state index contributed by atoms with van der Waals surface area (Å²) in [5.41, 5.74) is 0.555. The molecular formula is C15H23FN2O2. The number of hydrogen-bond acceptors (Lipinski definition) is 3. The smallest absolute Gasteiger partial charge is 0.253 e. The van der Waals surface area contributed by atoms with Gasteiger partial charge in [-0.2, -0.15) is 0 Å². The maximum atomic E-state index is 13.5. The average molecular weight is 282 g/mol. The first-order valence-electron chi connectivity index (χ1n) is 6.92. The lowest BCUT2D eigenvalue weighted by molar-refractivity contribution is 0.0754. The van der Waals surface area contributed by atoms with Crippen molar-refractivity contribution < 1.29 is 13.9 Å². The fourth-order valence-electron chi connectivity index (χ4n) is 1.81. The van der Waals surface area contributed by atoms with Gasteiger partial charge < -0.3 is 15.4 Å². The Hall–Kier alpha value is -1.62. The largest absolute Gasteiger partial charge is 0.385 e. The third-order valence-electron chi connectivity index (χ3n) is 2.82. The molecule has 5 heteroatoms. The third kappa shape index (κ3) is 5.17. The Bertz CT molecular complexity index is 436. The molecule has 0 aromatic heterocycles. The quantitative estimate of drug-likeness (QED) is 0.721. The Labute approximate surface area is 119 Å². The van der Waals surface area contributed by atoms with Gasteiger partial charge in [0.25, 0.3) is 5.91 Å². The van der Waals surface area contributed by atoms with Crippen LogP contribution in [0.2, 0.25) is 0 Å². The van der Waals surface area contributed by atoms with Crippen molar-refractivity contribution in [1.82, 2.24) is 5.32 Å². The average Bonchev–Trinajstić information content (AvgIpc) is 2.41. The number of carbonyl (C=O) groups is 1. The van der Waals surface area contributed by atoms with Gasteiger partial charge in [0, 0.05) is 20.2 Å². The molecule has 1 aromatic carbocycles. The first kappa shape index (κ1) is 16.4. The zero-order chi connectivity index (χ0) is 15.0. The van der Waals surface area contributed by atoms with E-state index < -0.39 is 5.82 Å². The third-order valence-corrected chi connectivity index (χ3v) is 2.82. The highest BCUT2D eigenvalue weighted by Crippen LogP contribution is 2.18. The molecule has 2 N–H and O–H groups in total. The van der Waals surface area contributed by atoms with Gasteiger partial charge in [0.05, 0.1) is 17.4 Å². The highest BCUT2D eigenvalue weighted by Gasteiger charge is 2.13. The van der Waals surface area contributed by atoms with Crippen molar-refractivity contribution in [3.8, 4) is 0 Å². The molecule has 0 aliphatic rings. The molecule has 0 aliphatic carbocycles. The maximum absolute atomic E-state index is 13.5. The number of para-hydroxylation sites is 1. The lowest BCUT2D eigenvalue weighted by Gasteiger charge is -2.11. The standard InChI is InChI=1S/C15H23FN2O2/c1-11(2)20-10-5-4-9-18-15(19)12-7-6-8-13(16)14(12)17-3/h6-8,11,17H,4-5,9-10H2,1-3H3,(H,18,19). The zero-order valence-electron chi connectivity index (χ0n) is 12.3. The summed E-state index contributed by atoms with van der Waals surface area (Å²) in [7, 11) is 1.60. The van der Waals surface area contributed by atoms with Crippen LogP contribution in [0.1, 0.15) is 37.0 Å². The summed E-state index contributed by atoms with van der Waals surface area (Å²) < 4.78 is 18.9. The number of ether oxygens (including phenoxy) is 1. The number of carbonyl (C=O) groups excluding carboxylic acids is 1. The highest BCUT2D eigenvalue weighted by molar-refractivity contribution is 5.99. The van der Waals surface area contributed by atoms with Crippen molar-refractivity contribution in [2.24, 2.45) is 0 Å². The Kier molecular flexibility index (Phi) is 7.01. The van der Waals surface area contributed by atoms with Crippen LogP contribution in [-0.2, 0) is 4.74 Å². The van der Waals surface area contributed by atoms with Crippen molar-refractivity contribution in [3.63, 3.8) is 0 Å². The molecule has 1 amide bonds. The number of unbranched alkanes of at least 4 members (excludes halogenated alkanes) is 1. The summed E-state index contributed by atoms with van der Waals surface area (Å²) in [5.74, 6) is -0.691. The molecule has 112 valence electrons. The van der Waals surface area contributed by atoms with Crippen LogP contribution in [0.3, 0.4) is 0 Å². The second kappa shape index (κ2) is 8.53. The van der Waals surface area contributed by atoms with Crippen molar-refractivity contribution >= 4 is 11.6 Å². The predicted octanol–water partition coefficient (Wildman–Crippen LogP) is 2.80. The number of anilines is 1. The molecule has 0 fully saturated rings. The number of benzene rings is 1. The molecular weight excluding hydrogens is 259 g/mol. The summed E-state index contributed by atoms with van der Waals surface area (Å²) in [4.78, 5) is 12.0. The minimum absolute atomic E-state index is 0.230. The van der Waals surface area contributed by atoms with Crippen LogP contribution < -0.4 is 10.6 Å². The lowest BCUT2D eigenvalue weighted by Crippen LogP contribution is -2.25. The molecule has 20 heavy (non-hydrogen) atoms. The van der Waals surface area contributed by atoms with Crippen LogP contribution in [0, 0.1) is 5.82 Å². The van der Waals surface area contributed by atoms with Gasteiger partial charge in [0.1, 0.15) is 5.82 Å². The van der Waals surface area contributed by atoms with Gasteiger partial charge in [0.2, 0.25) is 0 Å². The molecule has 0 aliphatic heterocycles. The van der Waals surface area contributed by atoms with E-state index in [1.54, 1.807) is 13.1 Å². The molecule has 0 saturated heterocycles. The predicted molar refractivity (Wildman–Crippen MR) is 78.6 cm³/mol. The van der Waals surface area contributed by atoms with E-state index in [4.69, 9.17) is 4.74 Å². The van der Waals surface area contributed by atoms with Crippen LogP contribution in [0.15, 0.2) is 18.2 Å². The SMILES string of the molecule is CNc1c(F)cccc1C(=O)NCCCCOC(C)C. The van der Waals surface area contributed by atoms with Gasteiger partial charge in [-0.1, -0.05) is 6.07 Å². The normalized spacial score (nSPS) is 10.7. The molecule has 0 saturated carbocycles. The number of rotatable bonds is 8. The van der Waals surface area contributed by atoms with Crippen LogP contribution in [0.5, 0.6) is 0 Å². The molecule has 0 unspecified atom stereocenters. The van der Waals surface area contributed by atoms with E-state index in [2.05, 4.69) is 10.6 Å². The van der Waals surface area contributed by atoms with E-state index >= 15 is 0 Å². The van der Waals surface area contributed by atoms with E-state index in [0.29, 0.717) is 18.7 Å². The van der Waals surface area contributed by atoms with Gasteiger partial charge in [-0.3, -0.25) is 4.79 Å². The Morgan fingerprint density at radius 2 is 2.10 bits per heavy atom. The first-order valence-corrected chi connectivity index (χ1v) is 6.92. The number of amides is 1. The molecule has 0 heterocycles. The van der Waals surface area contributed by atoms with Crippen LogP contribution in [-0.4, -0.2) is 32.2 Å². The molecule has 0 bridgehead atoms. The van der Waals surface area contributed by atoms with E-state index in [1.165, 1.54) is 12.1 Å². The second-order valence-corrected chi connectivity index (χ2v) is 4.79. The van der Waals surface area contributed by atoms with Crippen LogP contribution >= 0.6 is 0 Å². The molecule has 1 aromatic rings. The zero-order valence-corrected chi connectivity index (χ0v) is 12.3. The topological polar surface area (TPSA) is 50.4 Å². The number of hydrogen-bond donors (Lipinski definition) is 2. The van der Waals surface area contributed by atoms with Gasteiger partial charge in [-0.05, 0) is 38.8 Å². The highest BCUT2D eigenvalue weighted by atomic mass is 19.1. The second-order valence-electron chi connectivity index (χ2n) is 4.79. The Morgan fingerprint density at radius 3 is 2.75 bits per heavy atom.